The average Bonchev–Trinajstić information content (AvgIpc) is 2.57. The Morgan fingerprint density at radius 3 is 2.17 bits per heavy atom. The van der Waals surface area contributed by atoms with E-state index in [0.717, 1.165) is 0 Å². The molecule has 6 heteroatoms. The predicted molar refractivity (Wildman–Crippen MR) is 80.2 cm³/mol. The van der Waals surface area contributed by atoms with Crippen molar-refractivity contribution < 1.29 is 19.1 Å². The van der Waals surface area contributed by atoms with Gasteiger partial charge in [0.05, 0.1) is 23.1 Å². The Morgan fingerprint density at radius 2 is 1.57 bits per heavy atom. The van der Waals surface area contributed by atoms with Gasteiger partial charge < -0.3 is 4.74 Å². The number of rotatable bonds is 1. The van der Waals surface area contributed by atoms with Gasteiger partial charge in [0, 0.05) is 25.9 Å². The Balaban J connectivity index is 1.91. The number of Topliss-reactive ketones (excluding diaryl/α,β-unsaturated/α-hetero) is 3. The van der Waals surface area contributed by atoms with Crippen LogP contribution in [0.15, 0.2) is 24.3 Å². The molecule has 2 aromatic rings. The van der Waals surface area contributed by atoms with Gasteiger partial charge in [0.15, 0.2) is 11.6 Å². The Morgan fingerprint density at radius 1 is 0.957 bits per heavy atom. The van der Waals surface area contributed by atoms with E-state index in [1.165, 1.54) is 7.11 Å². The molecule has 0 radical (unpaired) electrons. The van der Waals surface area contributed by atoms with Crippen LogP contribution in [0, 0.1) is 11.8 Å². The molecule has 2 aliphatic rings. The number of aromatic nitrogens is 2. The number of fused-ring (bicyclic) bond motifs is 3. The van der Waals surface area contributed by atoms with Crippen molar-refractivity contribution in [2.24, 2.45) is 11.8 Å². The van der Waals surface area contributed by atoms with Crippen molar-refractivity contribution in [3.63, 3.8) is 0 Å². The van der Waals surface area contributed by atoms with Crippen molar-refractivity contribution in [2.75, 3.05) is 7.11 Å². The molecule has 0 aliphatic heterocycles. The number of para-hydroxylation sites is 2. The molecule has 6 nitrogen and oxygen atoms in total. The zero-order chi connectivity index (χ0) is 16.1. The highest BCUT2D eigenvalue weighted by atomic mass is 16.5. The summed E-state index contributed by atoms with van der Waals surface area (Å²) in [5.41, 5.74) is 1.33. The molecule has 1 fully saturated rings. The van der Waals surface area contributed by atoms with Crippen LogP contribution >= 0.6 is 0 Å². The third-order valence-electron chi connectivity index (χ3n) is 4.69. The largest absolute Gasteiger partial charge is 0.380 e. The summed E-state index contributed by atoms with van der Waals surface area (Å²) in [6, 6.07) is 7.10. The van der Waals surface area contributed by atoms with Crippen LogP contribution in [0.5, 0.6) is 0 Å². The number of ketones is 3. The number of carbonyl (C=O) groups excluding carboxylic acids is 3. The third kappa shape index (κ3) is 2.02. The van der Waals surface area contributed by atoms with E-state index in [2.05, 4.69) is 9.97 Å². The molecule has 0 amide bonds. The van der Waals surface area contributed by atoms with Gasteiger partial charge in [-0.05, 0) is 12.1 Å². The SMILES string of the molecule is COC1CC(=O)CC2C(=O)c3nc4ccccc4nc3C(=O)C12. The summed E-state index contributed by atoms with van der Waals surface area (Å²) in [6.07, 6.45) is -0.338. The van der Waals surface area contributed by atoms with Gasteiger partial charge in [0.1, 0.15) is 17.2 Å². The molecule has 1 aromatic carbocycles. The van der Waals surface area contributed by atoms with Crippen LogP contribution in [0.3, 0.4) is 0 Å². The van der Waals surface area contributed by atoms with E-state index in [4.69, 9.17) is 4.74 Å². The Bertz CT molecular complexity index is 861. The molecule has 3 unspecified atom stereocenters. The molecular formula is C17H14N2O4. The van der Waals surface area contributed by atoms with Gasteiger partial charge >= 0.3 is 0 Å². The lowest BCUT2D eigenvalue weighted by molar-refractivity contribution is -0.127. The van der Waals surface area contributed by atoms with Crippen LogP contribution < -0.4 is 0 Å². The van der Waals surface area contributed by atoms with Crippen molar-refractivity contribution in [1.29, 1.82) is 0 Å². The molecule has 4 rings (SSSR count). The standard InChI is InChI=1S/C17H14N2O4/c1-23-12-7-8(20)6-9-13(12)17(22)15-14(16(9)21)18-10-4-2-3-5-11(10)19-15/h2-5,9,12-13H,6-7H2,1H3. The minimum absolute atomic E-state index is 0.0588. The first-order valence-corrected chi connectivity index (χ1v) is 7.50. The first-order valence-electron chi connectivity index (χ1n) is 7.50. The minimum atomic E-state index is -0.684. The second kappa shape index (κ2) is 5.03. The normalized spacial score (nSPS) is 27.0. The molecule has 2 aliphatic carbocycles. The van der Waals surface area contributed by atoms with E-state index in [0.29, 0.717) is 11.0 Å². The predicted octanol–water partition coefficient (Wildman–Crippen LogP) is 1.62. The highest BCUT2D eigenvalue weighted by Crippen LogP contribution is 2.39. The summed E-state index contributed by atoms with van der Waals surface area (Å²) in [4.78, 5) is 46.2. The number of benzene rings is 1. The van der Waals surface area contributed by atoms with Crippen LogP contribution in [0.2, 0.25) is 0 Å². The quantitative estimate of drug-likeness (QED) is 0.795. The van der Waals surface area contributed by atoms with Crippen LogP contribution in [-0.4, -0.2) is 40.5 Å². The van der Waals surface area contributed by atoms with Crippen LogP contribution in [0.4, 0.5) is 0 Å². The molecule has 1 heterocycles. The molecule has 0 spiro atoms. The number of carbonyl (C=O) groups is 3. The molecule has 0 bridgehead atoms. The molecule has 1 saturated carbocycles. The van der Waals surface area contributed by atoms with Crippen LogP contribution in [0.1, 0.15) is 33.8 Å². The second-order valence-corrected chi connectivity index (χ2v) is 5.99. The van der Waals surface area contributed by atoms with E-state index in [9.17, 15) is 14.4 Å². The molecule has 3 atom stereocenters. The fourth-order valence-corrected chi connectivity index (χ4v) is 3.58. The molecule has 0 N–H and O–H groups in total. The number of hydrogen-bond acceptors (Lipinski definition) is 6. The van der Waals surface area contributed by atoms with E-state index in [1.807, 2.05) is 0 Å². The van der Waals surface area contributed by atoms with Crippen molar-refractivity contribution in [3.05, 3.63) is 35.7 Å². The number of methoxy groups -OCH3 is 1. The van der Waals surface area contributed by atoms with E-state index in [-0.39, 0.29) is 41.6 Å². The second-order valence-electron chi connectivity index (χ2n) is 5.99. The van der Waals surface area contributed by atoms with Gasteiger partial charge in [-0.25, -0.2) is 9.97 Å². The van der Waals surface area contributed by atoms with Crippen molar-refractivity contribution in [3.8, 4) is 0 Å². The van der Waals surface area contributed by atoms with E-state index >= 15 is 0 Å². The fourth-order valence-electron chi connectivity index (χ4n) is 3.58. The Hall–Kier alpha value is -2.47. The van der Waals surface area contributed by atoms with Gasteiger partial charge in [-0.2, -0.15) is 0 Å². The van der Waals surface area contributed by atoms with Crippen LogP contribution in [0.25, 0.3) is 11.0 Å². The van der Waals surface area contributed by atoms with Gasteiger partial charge in [-0.3, -0.25) is 14.4 Å². The smallest absolute Gasteiger partial charge is 0.189 e. The van der Waals surface area contributed by atoms with Gasteiger partial charge in [-0.1, -0.05) is 12.1 Å². The summed E-state index contributed by atoms with van der Waals surface area (Å²) in [5.74, 6) is -1.92. The molecular weight excluding hydrogens is 296 g/mol. The van der Waals surface area contributed by atoms with Gasteiger partial charge in [0.25, 0.3) is 0 Å². The summed E-state index contributed by atoms with van der Waals surface area (Å²) in [7, 11) is 1.46. The average molecular weight is 310 g/mol. The van der Waals surface area contributed by atoms with Crippen molar-refractivity contribution >= 4 is 28.4 Å². The molecule has 116 valence electrons. The zero-order valence-electron chi connectivity index (χ0n) is 12.5. The highest BCUT2D eigenvalue weighted by Gasteiger charge is 2.51. The lowest BCUT2D eigenvalue weighted by Crippen LogP contribution is -2.49. The van der Waals surface area contributed by atoms with E-state index in [1.54, 1.807) is 24.3 Å². The molecule has 23 heavy (non-hydrogen) atoms. The summed E-state index contributed by atoms with van der Waals surface area (Å²) in [6.45, 7) is 0. The zero-order valence-corrected chi connectivity index (χ0v) is 12.5. The summed E-state index contributed by atoms with van der Waals surface area (Å²) >= 11 is 0. The minimum Gasteiger partial charge on any atom is -0.380 e. The Labute approximate surface area is 131 Å². The maximum Gasteiger partial charge on any atom is 0.189 e. The number of hydrogen-bond donors (Lipinski definition) is 0. The first-order chi connectivity index (χ1) is 11.1. The van der Waals surface area contributed by atoms with Crippen molar-refractivity contribution in [1.82, 2.24) is 9.97 Å². The monoisotopic (exact) mass is 310 g/mol. The maximum absolute atomic E-state index is 12.9. The lowest BCUT2D eigenvalue weighted by atomic mass is 9.68. The van der Waals surface area contributed by atoms with Crippen molar-refractivity contribution in [2.45, 2.75) is 18.9 Å². The summed E-state index contributed by atoms with van der Waals surface area (Å²) in [5, 5.41) is 0. The first kappa shape index (κ1) is 14.1. The number of nitrogens with zero attached hydrogens (tertiary/aromatic N) is 2. The third-order valence-corrected chi connectivity index (χ3v) is 4.69. The topological polar surface area (TPSA) is 86.2 Å². The fraction of sp³-hybridized carbons (Fsp3) is 0.353. The van der Waals surface area contributed by atoms with Gasteiger partial charge in [0.2, 0.25) is 0 Å². The van der Waals surface area contributed by atoms with E-state index < -0.39 is 17.9 Å². The van der Waals surface area contributed by atoms with Crippen LogP contribution in [-0.2, 0) is 9.53 Å². The summed E-state index contributed by atoms with van der Waals surface area (Å²) < 4.78 is 5.31. The highest BCUT2D eigenvalue weighted by molar-refractivity contribution is 6.16. The number of ether oxygens (including phenoxy) is 1. The lowest BCUT2D eigenvalue weighted by Gasteiger charge is -2.37. The Kier molecular flexibility index (Phi) is 3.09. The van der Waals surface area contributed by atoms with Gasteiger partial charge in [-0.15, -0.1) is 0 Å². The maximum atomic E-state index is 12.9. The molecule has 1 aromatic heterocycles. The molecule has 0 saturated heterocycles.